The van der Waals surface area contributed by atoms with E-state index in [0.717, 1.165) is 5.56 Å². The van der Waals surface area contributed by atoms with Gasteiger partial charge in [0.2, 0.25) is 0 Å². The van der Waals surface area contributed by atoms with E-state index in [-0.39, 0.29) is 13.1 Å². The van der Waals surface area contributed by atoms with Crippen molar-refractivity contribution in [1.29, 1.82) is 0 Å². The number of aliphatic hydroxyl groups is 1. The fourth-order valence-corrected chi connectivity index (χ4v) is 1.82. The maximum absolute atomic E-state index is 12.2. The van der Waals surface area contributed by atoms with Gasteiger partial charge < -0.3 is 9.84 Å². The molecule has 0 bridgehead atoms. The number of benzene rings is 1. The molecule has 3 nitrogen and oxygen atoms in total. The number of alkyl halides is 2. The predicted octanol–water partition coefficient (Wildman–Crippen LogP) is 2.23. The Balaban J connectivity index is 2.76. The minimum absolute atomic E-state index is 0.143. The monoisotopic (exact) mass is 259 g/mol. The van der Waals surface area contributed by atoms with Crippen LogP contribution in [0.1, 0.15) is 17.2 Å². The van der Waals surface area contributed by atoms with Gasteiger partial charge in [-0.3, -0.25) is 4.90 Å². The molecule has 0 aliphatic carbocycles. The summed E-state index contributed by atoms with van der Waals surface area (Å²) in [6, 6.07) is 5.44. The van der Waals surface area contributed by atoms with E-state index in [1.54, 1.807) is 19.2 Å². The van der Waals surface area contributed by atoms with Crippen molar-refractivity contribution in [3.8, 4) is 5.75 Å². The minimum atomic E-state index is -2.40. The maximum atomic E-state index is 12.2. The molecule has 0 amide bonds. The van der Waals surface area contributed by atoms with Crippen LogP contribution >= 0.6 is 0 Å². The Morgan fingerprint density at radius 3 is 2.56 bits per heavy atom. The summed E-state index contributed by atoms with van der Waals surface area (Å²) in [4.78, 5) is 1.40. The van der Waals surface area contributed by atoms with Crippen LogP contribution in [0.2, 0.25) is 0 Å². The Kier molecular flexibility index (Phi) is 5.50. The molecule has 0 spiro atoms. The fourth-order valence-electron chi connectivity index (χ4n) is 1.82. The molecule has 1 aromatic rings. The van der Waals surface area contributed by atoms with Crippen LogP contribution in [-0.2, 0) is 0 Å². The second kappa shape index (κ2) is 6.66. The summed E-state index contributed by atoms with van der Waals surface area (Å²) in [5.74, 6) is 0.568. The lowest BCUT2D eigenvalue weighted by Crippen LogP contribution is -2.29. The number of likely N-dealkylation sites (N-methyl/N-ethyl adjacent to an activating group) is 1. The second-order valence-corrected chi connectivity index (χ2v) is 4.37. The quantitative estimate of drug-likeness (QED) is 0.850. The molecule has 0 heterocycles. The van der Waals surface area contributed by atoms with Crippen molar-refractivity contribution in [3.63, 3.8) is 0 Å². The molecule has 1 rings (SSSR count). The zero-order valence-corrected chi connectivity index (χ0v) is 10.9. The van der Waals surface area contributed by atoms with Crippen LogP contribution in [0.3, 0.4) is 0 Å². The summed E-state index contributed by atoms with van der Waals surface area (Å²) >= 11 is 0. The molecule has 1 unspecified atom stereocenters. The number of hydrogen-bond donors (Lipinski definition) is 1. The Morgan fingerprint density at radius 2 is 2.00 bits per heavy atom. The van der Waals surface area contributed by atoms with E-state index < -0.39 is 12.5 Å². The average Bonchev–Trinajstić information content (AvgIpc) is 2.27. The largest absolute Gasteiger partial charge is 0.496 e. The van der Waals surface area contributed by atoms with Gasteiger partial charge in [-0.2, -0.15) is 0 Å². The zero-order chi connectivity index (χ0) is 13.7. The normalized spacial score (nSPS) is 13.1. The number of halogens is 2. The van der Waals surface area contributed by atoms with Crippen LogP contribution in [0, 0.1) is 6.92 Å². The van der Waals surface area contributed by atoms with Gasteiger partial charge in [0.05, 0.1) is 19.8 Å². The summed E-state index contributed by atoms with van der Waals surface area (Å²) in [6.45, 7) is 1.69. The number of aryl methyl sites for hydroxylation is 1. The van der Waals surface area contributed by atoms with E-state index in [2.05, 4.69) is 0 Å². The van der Waals surface area contributed by atoms with Crippen molar-refractivity contribution in [3.05, 3.63) is 29.3 Å². The van der Waals surface area contributed by atoms with Crippen molar-refractivity contribution in [1.82, 2.24) is 4.90 Å². The Hall–Kier alpha value is -1.20. The van der Waals surface area contributed by atoms with Gasteiger partial charge in [0.15, 0.2) is 0 Å². The van der Waals surface area contributed by atoms with Gasteiger partial charge >= 0.3 is 0 Å². The highest BCUT2D eigenvalue weighted by atomic mass is 19.3. The summed E-state index contributed by atoms with van der Waals surface area (Å²) < 4.78 is 29.6. The first-order chi connectivity index (χ1) is 8.43. The van der Waals surface area contributed by atoms with E-state index in [9.17, 15) is 13.9 Å². The molecule has 1 atom stereocenters. The number of aliphatic hydroxyl groups excluding tert-OH is 1. The number of rotatable bonds is 6. The molecule has 0 aliphatic heterocycles. The molecule has 18 heavy (non-hydrogen) atoms. The maximum Gasteiger partial charge on any atom is 0.251 e. The van der Waals surface area contributed by atoms with E-state index in [1.807, 2.05) is 13.0 Å². The van der Waals surface area contributed by atoms with Crippen molar-refractivity contribution in [2.24, 2.45) is 0 Å². The van der Waals surface area contributed by atoms with Gasteiger partial charge in [-0.05, 0) is 26.1 Å². The SMILES string of the molecule is COc1ccc(C)cc1C(O)CN(C)CC(F)F. The van der Waals surface area contributed by atoms with Crippen molar-refractivity contribution >= 4 is 0 Å². The first kappa shape index (κ1) is 14.9. The molecule has 0 fully saturated rings. The topological polar surface area (TPSA) is 32.7 Å². The highest BCUT2D eigenvalue weighted by Gasteiger charge is 2.17. The average molecular weight is 259 g/mol. The van der Waals surface area contributed by atoms with Crippen LogP contribution < -0.4 is 4.74 Å². The Morgan fingerprint density at radius 1 is 1.33 bits per heavy atom. The van der Waals surface area contributed by atoms with Crippen molar-refractivity contribution in [2.75, 3.05) is 27.2 Å². The predicted molar refractivity (Wildman–Crippen MR) is 66.2 cm³/mol. The molecule has 5 heteroatoms. The van der Waals surface area contributed by atoms with Crippen LogP contribution in [0.5, 0.6) is 5.75 Å². The number of hydrogen-bond acceptors (Lipinski definition) is 3. The molecule has 0 radical (unpaired) electrons. The third-order valence-corrected chi connectivity index (χ3v) is 2.68. The zero-order valence-electron chi connectivity index (χ0n) is 10.9. The molecular formula is C13H19F2NO2. The van der Waals surface area contributed by atoms with Gasteiger partial charge in [0.25, 0.3) is 6.43 Å². The lowest BCUT2D eigenvalue weighted by molar-refractivity contribution is 0.0672. The number of methoxy groups -OCH3 is 1. The summed E-state index contributed by atoms with van der Waals surface area (Å²) in [7, 11) is 3.07. The lowest BCUT2D eigenvalue weighted by atomic mass is 10.0. The van der Waals surface area contributed by atoms with E-state index >= 15 is 0 Å². The van der Waals surface area contributed by atoms with Gasteiger partial charge in [0, 0.05) is 12.1 Å². The molecule has 0 saturated heterocycles. The summed E-state index contributed by atoms with van der Waals surface area (Å²) in [5.41, 5.74) is 1.61. The third-order valence-electron chi connectivity index (χ3n) is 2.68. The molecule has 0 saturated carbocycles. The van der Waals surface area contributed by atoms with Gasteiger partial charge in [-0.1, -0.05) is 11.6 Å². The van der Waals surface area contributed by atoms with Crippen LogP contribution in [-0.4, -0.2) is 43.7 Å². The van der Waals surface area contributed by atoms with Crippen molar-refractivity contribution in [2.45, 2.75) is 19.5 Å². The van der Waals surface area contributed by atoms with Crippen LogP contribution in [0.25, 0.3) is 0 Å². The molecule has 1 aromatic carbocycles. The fraction of sp³-hybridized carbons (Fsp3) is 0.538. The number of ether oxygens (including phenoxy) is 1. The molecule has 0 aromatic heterocycles. The third kappa shape index (κ3) is 4.23. The van der Waals surface area contributed by atoms with Gasteiger partial charge in [0.1, 0.15) is 5.75 Å². The summed E-state index contributed by atoms with van der Waals surface area (Å²) in [5, 5.41) is 10.1. The van der Waals surface area contributed by atoms with Crippen molar-refractivity contribution < 1.29 is 18.6 Å². The summed E-state index contributed by atoms with van der Waals surface area (Å²) in [6.07, 6.45) is -3.25. The van der Waals surface area contributed by atoms with Crippen LogP contribution in [0.15, 0.2) is 18.2 Å². The molecular weight excluding hydrogens is 240 g/mol. The van der Waals surface area contributed by atoms with Gasteiger partial charge in [-0.15, -0.1) is 0 Å². The van der Waals surface area contributed by atoms with E-state index in [0.29, 0.717) is 11.3 Å². The minimum Gasteiger partial charge on any atom is -0.496 e. The molecule has 1 N–H and O–H groups in total. The highest BCUT2D eigenvalue weighted by molar-refractivity contribution is 5.38. The Bertz CT molecular complexity index is 385. The molecule has 102 valence electrons. The lowest BCUT2D eigenvalue weighted by Gasteiger charge is -2.22. The van der Waals surface area contributed by atoms with Crippen LogP contribution in [0.4, 0.5) is 8.78 Å². The highest BCUT2D eigenvalue weighted by Crippen LogP contribution is 2.26. The van der Waals surface area contributed by atoms with E-state index in [4.69, 9.17) is 4.74 Å². The van der Waals surface area contributed by atoms with E-state index in [1.165, 1.54) is 12.0 Å². The number of nitrogens with zero attached hydrogens (tertiary/aromatic N) is 1. The Labute approximate surface area is 106 Å². The first-order valence-electron chi connectivity index (χ1n) is 5.73. The second-order valence-electron chi connectivity index (χ2n) is 4.37. The van der Waals surface area contributed by atoms with Gasteiger partial charge in [-0.25, -0.2) is 8.78 Å². The first-order valence-corrected chi connectivity index (χ1v) is 5.73. The standard InChI is InChI=1S/C13H19F2NO2/c1-9-4-5-12(18-3)10(6-9)11(17)7-16(2)8-13(14)15/h4-6,11,13,17H,7-8H2,1-3H3. The molecule has 0 aliphatic rings. The smallest absolute Gasteiger partial charge is 0.251 e.